The van der Waals surface area contributed by atoms with E-state index in [9.17, 15) is 4.79 Å². The van der Waals surface area contributed by atoms with Crippen LogP contribution in [0.25, 0.3) is 0 Å². The second-order valence-electron chi connectivity index (χ2n) is 3.89. The summed E-state index contributed by atoms with van der Waals surface area (Å²) in [6, 6.07) is 8.02. The Bertz CT molecular complexity index is 632. The lowest BCUT2D eigenvalue weighted by Gasteiger charge is -2.08. The van der Waals surface area contributed by atoms with Gasteiger partial charge < -0.3 is 10.1 Å². The third-order valence-corrected chi connectivity index (χ3v) is 3.03. The quantitative estimate of drug-likeness (QED) is 0.927. The summed E-state index contributed by atoms with van der Waals surface area (Å²) < 4.78 is 5.25. The average Bonchev–Trinajstić information content (AvgIpc) is 2.43. The molecular weight excluding hydrogens is 299 g/mol. The highest BCUT2D eigenvalue weighted by atomic mass is 35.5. The Balaban J connectivity index is 2.19. The van der Waals surface area contributed by atoms with Crippen molar-refractivity contribution in [1.82, 2.24) is 4.98 Å². The third-order valence-electron chi connectivity index (χ3n) is 2.47. The molecule has 1 heterocycles. The molecule has 0 bridgehead atoms. The summed E-state index contributed by atoms with van der Waals surface area (Å²) in [6.07, 6.45) is 1.51. The fourth-order valence-corrected chi connectivity index (χ4v) is 1.90. The number of ether oxygens (including phenoxy) is 1. The van der Waals surface area contributed by atoms with E-state index in [1.54, 1.807) is 30.3 Å². The molecule has 104 valence electrons. The molecule has 1 amide bonds. The van der Waals surface area contributed by atoms with Gasteiger partial charge in [-0.05, 0) is 31.2 Å². The van der Waals surface area contributed by atoms with Crippen LogP contribution in [0.1, 0.15) is 17.3 Å². The number of pyridine rings is 1. The summed E-state index contributed by atoms with van der Waals surface area (Å²) in [5.41, 5.74) is 0.887. The van der Waals surface area contributed by atoms with E-state index in [2.05, 4.69) is 10.3 Å². The van der Waals surface area contributed by atoms with Crippen molar-refractivity contribution in [2.24, 2.45) is 0 Å². The fourth-order valence-electron chi connectivity index (χ4n) is 1.57. The zero-order valence-corrected chi connectivity index (χ0v) is 12.2. The van der Waals surface area contributed by atoms with E-state index in [1.165, 1.54) is 6.20 Å². The normalized spacial score (nSPS) is 10.2. The lowest BCUT2D eigenvalue weighted by atomic mass is 10.2. The maximum Gasteiger partial charge on any atom is 0.255 e. The number of nitrogens with one attached hydrogen (secondary N) is 1. The first kappa shape index (κ1) is 14.6. The van der Waals surface area contributed by atoms with Crippen molar-refractivity contribution >= 4 is 34.8 Å². The number of benzene rings is 1. The molecule has 0 atom stereocenters. The molecule has 1 aromatic heterocycles. The zero-order valence-electron chi connectivity index (χ0n) is 10.7. The minimum absolute atomic E-state index is 0.308. The molecule has 1 N–H and O–H groups in total. The molecule has 4 nitrogen and oxygen atoms in total. The van der Waals surface area contributed by atoms with E-state index in [1.807, 2.05) is 6.92 Å². The Kier molecular flexibility index (Phi) is 4.82. The number of carbonyl (C=O) groups is 1. The second kappa shape index (κ2) is 6.59. The number of anilines is 1. The van der Waals surface area contributed by atoms with Gasteiger partial charge in [-0.15, -0.1) is 0 Å². The van der Waals surface area contributed by atoms with Gasteiger partial charge in [0.15, 0.2) is 0 Å². The minimum atomic E-state index is -0.308. The molecule has 0 saturated carbocycles. The summed E-state index contributed by atoms with van der Waals surface area (Å²) in [5, 5.41) is 3.61. The van der Waals surface area contributed by atoms with E-state index in [4.69, 9.17) is 27.9 Å². The number of halogens is 2. The fraction of sp³-hybridized carbons (Fsp3) is 0.143. The summed E-state index contributed by atoms with van der Waals surface area (Å²) >= 11 is 11.9. The maximum atomic E-state index is 12.1. The second-order valence-corrected chi connectivity index (χ2v) is 4.74. The van der Waals surface area contributed by atoms with Crippen molar-refractivity contribution in [3.63, 3.8) is 0 Å². The van der Waals surface area contributed by atoms with Crippen LogP contribution >= 0.6 is 23.2 Å². The van der Waals surface area contributed by atoms with Crippen LogP contribution in [0, 0.1) is 0 Å². The highest BCUT2D eigenvalue weighted by molar-refractivity contribution is 6.35. The maximum absolute atomic E-state index is 12.1. The first-order chi connectivity index (χ1) is 9.60. The van der Waals surface area contributed by atoms with Gasteiger partial charge in [0.2, 0.25) is 5.88 Å². The number of hydrogen-bond acceptors (Lipinski definition) is 3. The number of nitrogens with zero attached hydrogens (tertiary/aromatic N) is 1. The van der Waals surface area contributed by atoms with Gasteiger partial charge >= 0.3 is 0 Å². The Hall–Kier alpha value is -1.78. The predicted molar refractivity (Wildman–Crippen MR) is 79.8 cm³/mol. The smallest absolute Gasteiger partial charge is 0.255 e. The SMILES string of the molecule is CCOc1cc(C(=O)Nc2cc(Cl)ccc2Cl)ccn1. The molecule has 2 rings (SSSR count). The van der Waals surface area contributed by atoms with Crippen LogP contribution in [0.4, 0.5) is 5.69 Å². The number of hydrogen-bond donors (Lipinski definition) is 1. The lowest BCUT2D eigenvalue weighted by molar-refractivity contribution is 0.102. The summed E-state index contributed by atoms with van der Waals surface area (Å²) in [7, 11) is 0. The standard InChI is InChI=1S/C14H12Cl2N2O2/c1-2-20-13-7-9(5-6-17-13)14(19)18-12-8-10(15)3-4-11(12)16/h3-8H,2H2,1H3,(H,18,19). The largest absolute Gasteiger partial charge is 0.478 e. The third kappa shape index (κ3) is 3.62. The highest BCUT2D eigenvalue weighted by Gasteiger charge is 2.10. The molecule has 0 aliphatic heterocycles. The number of aromatic nitrogens is 1. The molecule has 0 aliphatic rings. The predicted octanol–water partition coefficient (Wildman–Crippen LogP) is 4.04. The van der Waals surface area contributed by atoms with Crippen molar-refractivity contribution in [2.45, 2.75) is 6.92 Å². The van der Waals surface area contributed by atoms with Crippen molar-refractivity contribution in [3.8, 4) is 5.88 Å². The van der Waals surface area contributed by atoms with Crippen LogP contribution in [0.3, 0.4) is 0 Å². The lowest BCUT2D eigenvalue weighted by Crippen LogP contribution is -2.12. The van der Waals surface area contributed by atoms with Crippen molar-refractivity contribution in [3.05, 3.63) is 52.1 Å². The highest BCUT2D eigenvalue weighted by Crippen LogP contribution is 2.26. The first-order valence-corrected chi connectivity index (χ1v) is 6.71. The Morgan fingerprint density at radius 3 is 2.85 bits per heavy atom. The van der Waals surface area contributed by atoms with Gasteiger partial charge in [-0.2, -0.15) is 0 Å². The summed E-state index contributed by atoms with van der Waals surface area (Å²) in [6.45, 7) is 2.33. The van der Waals surface area contributed by atoms with Crippen LogP contribution in [-0.2, 0) is 0 Å². The molecule has 2 aromatic rings. The number of carbonyl (C=O) groups excluding carboxylic acids is 1. The Labute approximate surface area is 126 Å². The molecule has 0 saturated heterocycles. The van der Waals surface area contributed by atoms with E-state index >= 15 is 0 Å². The van der Waals surface area contributed by atoms with Crippen LogP contribution in [-0.4, -0.2) is 17.5 Å². The molecule has 0 radical (unpaired) electrons. The van der Waals surface area contributed by atoms with Crippen LogP contribution in [0.15, 0.2) is 36.5 Å². The molecule has 0 aliphatic carbocycles. The zero-order chi connectivity index (χ0) is 14.5. The topological polar surface area (TPSA) is 51.2 Å². The van der Waals surface area contributed by atoms with Crippen LogP contribution < -0.4 is 10.1 Å². The van der Waals surface area contributed by atoms with Gasteiger partial charge in [0.1, 0.15) is 0 Å². The van der Waals surface area contributed by atoms with Gasteiger partial charge in [0, 0.05) is 22.8 Å². The first-order valence-electron chi connectivity index (χ1n) is 5.95. The Morgan fingerprint density at radius 1 is 1.30 bits per heavy atom. The monoisotopic (exact) mass is 310 g/mol. The number of rotatable bonds is 4. The van der Waals surface area contributed by atoms with Crippen LogP contribution in [0.5, 0.6) is 5.88 Å². The molecule has 20 heavy (non-hydrogen) atoms. The van der Waals surface area contributed by atoms with E-state index in [-0.39, 0.29) is 5.91 Å². The Morgan fingerprint density at radius 2 is 2.10 bits per heavy atom. The minimum Gasteiger partial charge on any atom is -0.478 e. The molecule has 0 unspecified atom stereocenters. The van der Waals surface area contributed by atoms with Crippen LogP contribution in [0.2, 0.25) is 10.0 Å². The molecule has 0 spiro atoms. The molecule has 1 aromatic carbocycles. The van der Waals surface area contributed by atoms with Gasteiger partial charge in [-0.1, -0.05) is 23.2 Å². The van der Waals surface area contributed by atoms with Gasteiger partial charge in [-0.25, -0.2) is 4.98 Å². The molecular formula is C14H12Cl2N2O2. The number of amides is 1. The van der Waals surface area contributed by atoms with Gasteiger partial charge in [0.25, 0.3) is 5.91 Å². The summed E-state index contributed by atoms with van der Waals surface area (Å²) in [5.74, 6) is 0.0925. The molecule has 6 heteroatoms. The van der Waals surface area contributed by atoms with E-state index in [0.717, 1.165) is 0 Å². The average molecular weight is 311 g/mol. The van der Waals surface area contributed by atoms with E-state index < -0.39 is 0 Å². The molecule has 0 fully saturated rings. The van der Waals surface area contributed by atoms with Crippen molar-refractivity contribution in [1.29, 1.82) is 0 Å². The summed E-state index contributed by atoms with van der Waals surface area (Å²) in [4.78, 5) is 16.1. The van der Waals surface area contributed by atoms with Crippen molar-refractivity contribution in [2.75, 3.05) is 11.9 Å². The van der Waals surface area contributed by atoms with Gasteiger partial charge in [0.05, 0.1) is 17.3 Å². The van der Waals surface area contributed by atoms with Crippen molar-refractivity contribution < 1.29 is 9.53 Å². The van der Waals surface area contributed by atoms with E-state index in [0.29, 0.717) is 33.8 Å². The van der Waals surface area contributed by atoms with Gasteiger partial charge in [-0.3, -0.25) is 4.79 Å².